The standard InChI is InChI=1S/C14H20N2O7/c1-7-5-16(14(20)15-13(7)19)12-4-10(22-9(3)18)11(23-12)6-21-8(2)17/h7,10-12H,4-6H2,1-3H3,(H,15,19,20). The lowest BCUT2D eigenvalue weighted by Crippen LogP contribution is -2.57. The second kappa shape index (κ2) is 6.95. The monoisotopic (exact) mass is 328 g/mol. The van der Waals surface area contributed by atoms with Gasteiger partial charge in [-0.15, -0.1) is 0 Å². The molecule has 2 aliphatic rings. The van der Waals surface area contributed by atoms with Crippen LogP contribution in [0.5, 0.6) is 0 Å². The summed E-state index contributed by atoms with van der Waals surface area (Å²) in [6.45, 7) is 4.36. The largest absolute Gasteiger partial charge is 0.463 e. The van der Waals surface area contributed by atoms with Crippen LogP contribution in [0.4, 0.5) is 4.79 Å². The fourth-order valence-electron chi connectivity index (χ4n) is 2.59. The molecule has 128 valence electrons. The highest BCUT2D eigenvalue weighted by Gasteiger charge is 2.44. The summed E-state index contributed by atoms with van der Waals surface area (Å²) < 4.78 is 15.8. The van der Waals surface area contributed by atoms with Crippen LogP contribution in [-0.4, -0.2) is 60.4 Å². The Bertz CT molecular complexity index is 521. The third-order valence-electron chi connectivity index (χ3n) is 3.71. The number of ether oxygens (including phenoxy) is 3. The Hall–Kier alpha value is -2.16. The van der Waals surface area contributed by atoms with Gasteiger partial charge in [-0.3, -0.25) is 24.6 Å². The lowest BCUT2D eigenvalue weighted by Gasteiger charge is -2.34. The number of carbonyl (C=O) groups is 4. The summed E-state index contributed by atoms with van der Waals surface area (Å²) in [5.74, 6) is -1.67. The van der Waals surface area contributed by atoms with Crippen molar-refractivity contribution in [1.29, 1.82) is 0 Å². The van der Waals surface area contributed by atoms with E-state index in [1.807, 2.05) is 0 Å². The van der Waals surface area contributed by atoms with Crippen molar-refractivity contribution >= 4 is 23.9 Å². The minimum atomic E-state index is -0.659. The van der Waals surface area contributed by atoms with E-state index in [2.05, 4.69) is 5.32 Å². The first-order valence-corrected chi connectivity index (χ1v) is 7.35. The van der Waals surface area contributed by atoms with Crippen molar-refractivity contribution in [2.75, 3.05) is 13.2 Å². The number of imide groups is 1. The summed E-state index contributed by atoms with van der Waals surface area (Å²) in [5, 5.41) is 2.25. The van der Waals surface area contributed by atoms with Gasteiger partial charge in [-0.25, -0.2) is 4.79 Å². The molecule has 0 aliphatic carbocycles. The highest BCUT2D eigenvalue weighted by molar-refractivity contribution is 5.97. The van der Waals surface area contributed by atoms with E-state index in [-0.39, 0.29) is 31.4 Å². The number of nitrogens with zero attached hydrogens (tertiary/aromatic N) is 1. The number of urea groups is 1. The maximum atomic E-state index is 12.0. The zero-order valence-corrected chi connectivity index (χ0v) is 13.2. The van der Waals surface area contributed by atoms with Gasteiger partial charge in [-0.05, 0) is 0 Å². The van der Waals surface area contributed by atoms with Crippen LogP contribution in [0.15, 0.2) is 0 Å². The Balaban J connectivity index is 2.05. The van der Waals surface area contributed by atoms with Crippen LogP contribution in [0.1, 0.15) is 27.2 Å². The Morgan fingerprint density at radius 1 is 1.30 bits per heavy atom. The molecule has 2 heterocycles. The fourth-order valence-corrected chi connectivity index (χ4v) is 2.59. The third-order valence-corrected chi connectivity index (χ3v) is 3.71. The number of hydrogen-bond acceptors (Lipinski definition) is 7. The maximum Gasteiger partial charge on any atom is 0.326 e. The van der Waals surface area contributed by atoms with E-state index in [0.717, 1.165) is 0 Å². The summed E-state index contributed by atoms with van der Waals surface area (Å²) in [6.07, 6.45) is -1.69. The van der Waals surface area contributed by atoms with Crippen LogP contribution in [0.2, 0.25) is 0 Å². The van der Waals surface area contributed by atoms with Gasteiger partial charge in [0.05, 0.1) is 5.92 Å². The molecule has 0 radical (unpaired) electrons. The lowest BCUT2D eigenvalue weighted by molar-refractivity contribution is -0.156. The van der Waals surface area contributed by atoms with Gasteiger partial charge < -0.3 is 14.2 Å². The van der Waals surface area contributed by atoms with Crippen molar-refractivity contribution in [1.82, 2.24) is 10.2 Å². The molecule has 4 unspecified atom stereocenters. The second-order valence-electron chi connectivity index (χ2n) is 5.66. The number of carbonyl (C=O) groups excluding carboxylic acids is 4. The van der Waals surface area contributed by atoms with Crippen LogP contribution in [0.25, 0.3) is 0 Å². The number of rotatable bonds is 4. The SMILES string of the molecule is CC(=O)OCC1OC(N2CC(C)C(=O)NC2=O)CC1OC(C)=O. The van der Waals surface area contributed by atoms with E-state index in [1.165, 1.54) is 18.7 Å². The molecule has 1 N–H and O–H groups in total. The molecule has 0 aromatic rings. The summed E-state index contributed by atoms with van der Waals surface area (Å²) in [7, 11) is 0. The smallest absolute Gasteiger partial charge is 0.326 e. The van der Waals surface area contributed by atoms with Crippen LogP contribution >= 0.6 is 0 Å². The van der Waals surface area contributed by atoms with Gasteiger partial charge >= 0.3 is 18.0 Å². The minimum Gasteiger partial charge on any atom is -0.463 e. The van der Waals surface area contributed by atoms with Crippen molar-refractivity contribution < 1.29 is 33.4 Å². The maximum absolute atomic E-state index is 12.0. The van der Waals surface area contributed by atoms with E-state index >= 15 is 0 Å². The first kappa shape index (κ1) is 17.2. The molecule has 9 nitrogen and oxygen atoms in total. The third kappa shape index (κ3) is 4.19. The Kier molecular flexibility index (Phi) is 5.19. The van der Waals surface area contributed by atoms with Crippen molar-refractivity contribution in [3.8, 4) is 0 Å². The van der Waals surface area contributed by atoms with Crippen LogP contribution in [0.3, 0.4) is 0 Å². The molecule has 2 rings (SSSR count). The van der Waals surface area contributed by atoms with Gasteiger partial charge in [-0.1, -0.05) is 6.92 Å². The highest BCUT2D eigenvalue weighted by atomic mass is 16.6. The van der Waals surface area contributed by atoms with Gasteiger partial charge in [0, 0.05) is 26.8 Å². The minimum absolute atomic E-state index is 0.0757. The molecular formula is C14H20N2O7. The normalized spacial score (nSPS) is 30.8. The molecule has 0 aromatic heterocycles. The van der Waals surface area contributed by atoms with Gasteiger partial charge in [0.15, 0.2) is 0 Å². The molecule has 2 fully saturated rings. The topological polar surface area (TPSA) is 111 Å². The Labute approximate surface area is 133 Å². The van der Waals surface area contributed by atoms with Gasteiger partial charge in [-0.2, -0.15) is 0 Å². The van der Waals surface area contributed by atoms with E-state index in [1.54, 1.807) is 6.92 Å². The molecule has 0 bridgehead atoms. The van der Waals surface area contributed by atoms with Crippen molar-refractivity contribution in [2.24, 2.45) is 5.92 Å². The van der Waals surface area contributed by atoms with Gasteiger partial charge in [0.25, 0.3) is 0 Å². The highest BCUT2D eigenvalue weighted by Crippen LogP contribution is 2.28. The summed E-state index contributed by atoms with van der Waals surface area (Å²) in [6, 6.07) is -0.548. The quantitative estimate of drug-likeness (QED) is 0.710. The molecule has 23 heavy (non-hydrogen) atoms. The zero-order valence-electron chi connectivity index (χ0n) is 13.2. The average molecular weight is 328 g/mol. The number of hydrogen-bond donors (Lipinski definition) is 1. The van der Waals surface area contributed by atoms with E-state index in [9.17, 15) is 19.2 Å². The Morgan fingerprint density at radius 2 is 2.00 bits per heavy atom. The first-order chi connectivity index (χ1) is 10.8. The van der Waals surface area contributed by atoms with Crippen molar-refractivity contribution in [2.45, 2.75) is 45.6 Å². The first-order valence-electron chi connectivity index (χ1n) is 7.35. The van der Waals surface area contributed by atoms with Crippen molar-refractivity contribution in [3.63, 3.8) is 0 Å². The summed E-state index contributed by atoms with van der Waals surface area (Å²) in [5.41, 5.74) is 0. The summed E-state index contributed by atoms with van der Waals surface area (Å²) in [4.78, 5) is 47.0. The molecular weight excluding hydrogens is 308 g/mol. The molecule has 2 aliphatic heterocycles. The van der Waals surface area contributed by atoms with E-state index in [0.29, 0.717) is 0 Å². The van der Waals surface area contributed by atoms with Crippen LogP contribution in [-0.2, 0) is 28.6 Å². The predicted molar refractivity (Wildman–Crippen MR) is 74.9 cm³/mol. The van der Waals surface area contributed by atoms with Crippen LogP contribution in [0, 0.1) is 5.92 Å². The van der Waals surface area contributed by atoms with E-state index < -0.39 is 36.4 Å². The number of esters is 2. The van der Waals surface area contributed by atoms with Gasteiger partial charge in [0.1, 0.15) is 25.0 Å². The predicted octanol–water partition coefficient (Wildman–Crippen LogP) is -0.216. The van der Waals surface area contributed by atoms with Crippen molar-refractivity contribution in [3.05, 3.63) is 0 Å². The molecule has 4 atom stereocenters. The second-order valence-corrected chi connectivity index (χ2v) is 5.66. The molecule has 2 saturated heterocycles. The van der Waals surface area contributed by atoms with E-state index in [4.69, 9.17) is 14.2 Å². The van der Waals surface area contributed by atoms with Gasteiger partial charge in [0.2, 0.25) is 5.91 Å². The lowest BCUT2D eigenvalue weighted by atomic mass is 10.1. The molecule has 0 saturated carbocycles. The molecule has 0 aromatic carbocycles. The molecule has 0 spiro atoms. The van der Waals surface area contributed by atoms with Crippen LogP contribution < -0.4 is 5.32 Å². The fraction of sp³-hybridized carbons (Fsp3) is 0.714. The zero-order chi connectivity index (χ0) is 17.1. The summed E-state index contributed by atoms with van der Waals surface area (Å²) >= 11 is 0. The molecule has 3 amide bonds. The Morgan fingerprint density at radius 3 is 2.61 bits per heavy atom. The number of amides is 3. The molecule has 9 heteroatoms. The number of nitrogens with one attached hydrogen (secondary N) is 1. The average Bonchev–Trinajstić information content (AvgIpc) is 2.82.